The van der Waals surface area contributed by atoms with Gasteiger partial charge in [0.2, 0.25) is 0 Å². The fraction of sp³-hybridized carbons (Fsp3) is 0.750. The number of aromatic amines is 1. The highest BCUT2D eigenvalue weighted by atomic mass is 32.2. The van der Waals surface area contributed by atoms with Crippen LogP contribution < -0.4 is 5.32 Å². The Morgan fingerprint density at radius 2 is 2.33 bits per heavy atom. The van der Waals surface area contributed by atoms with Crippen molar-refractivity contribution in [2.24, 2.45) is 5.92 Å². The van der Waals surface area contributed by atoms with Crippen LogP contribution in [0.5, 0.6) is 0 Å². The van der Waals surface area contributed by atoms with Gasteiger partial charge in [-0.3, -0.25) is 0 Å². The number of hydrogen-bond acceptors (Lipinski definition) is 4. The first-order valence-corrected chi connectivity index (χ1v) is 8.23. The molecule has 102 valence electrons. The molecular weight excluding hydrogens is 250 g/mol. The normalized spacial score (nSPS) is 22.7. The molecule has 2 heterocycles. The van der Waals surface area contributed by atoms with Gasteiger partial charge in [0.15, 0.2) is 9.84 Å². The number of aromatic nitrogens is 2. The highest BCUT2D eigenvalue weighted by molar-refractivity contribution is 7.91. The van der Waals surface area contributed by atoms with Crippen molar-refractivity contribution < 1.29 is 8.42 Å². The summed E-state index contributed by atoms with van der Waals surface area (Å²) in [7, 11) is -2.84. The van der Waals surface area contributed by atoms with E-state index in [4.69, 9.17) is 0 Å². The van der Waals surface area contributed by atoms with Crippen LogP contribution in [0.4, 0.5) is 0 Å². The molecule has 1 unspecified atom stereocenters. The maximum atomic E-state index is 11.4. The summed E-state index contributed by atoms with van der Waals surface area (Å²) in [5, 5.41) is 3.33. The van der Waals surface area contributed by atoms with Gasteiger partial charge in [0.1, 0.15) is 5.82 Å². The van der Waals surface area contributed by atoms with Crippen LogP contribution in [-0.4, -0.2) is 36.4 Å². The van der Waals surface area contributed by atoms with Crippen molar-refractivity contribution in [3.8, 4) is 0 Å². The summed E-state index contributed by atoms with van der Waals surface area (Å²) in [4.78, 5) is 7.53. The standard InChI is InChI=1S/C12H21N3O2S/c1-9(2)5-13-6-11-7-14-12(15-11)10-3-4-18(16,17)8-10/h7,9-10,13H,3-6,8H2,1-2H3,(H,14,15). The largest absolute Gasteiger partial charge is 0.345 e. The average molecular weight is 271 g/mol. The molecule has 0 aliphatic carbocycles. The number of sulfone groups is 1. The number of H-pyrrole nitrogens is 1. The lowest BCUT2D eigenvalue weighted by atomic mass is 10.1. The number of nitrogens with one attached hydrogen (secondary N) is 2. The summed E-state index contributed by atoms with van der Waals surface area (Å²) in [6.45, 7) is 6.04. The third-order valence-corrected chi connectivity index (χ3v) is 4.90. The van der Waals surface area contributed by atoms with Crippen LogP contribution in [0.3, 0.4) is 0 Å². The maximum Gasteiger partial charge on any atom is 0.151 e. The van der Waals surface area contributed by atoms with Crippen molar-refractivity contribution >= 4 is 9.84 Å². The van der Waals surface area contributed by atoms with E-state index in [1.165, 1.54) is 0 Å². The molecule has 1 aromatic heterocycles. The number of rotatable bonds is 5. The van der Waals surface area contributed by atoms with E-state index in [0.717, 1.165) is 24.6 Å². The number of nitrogens with zero attached hydrogens (tertiary/aromatic N) is 1. The molecule has 1 aromatic rings. The third-order valence-electron chi connectivity index (χ3n) is 3.14. The second kappa shape index (κ2) is 5.40. The van der Waals surface area contributed by atoms with Gasteiger partial charge >= 0.3 is 0 Å². The van der Waals surface area contributed by atoms with Crippen molar-refractivity contribution in [2.45, 2.75) is 32.7 Å². The van der Waals surface area contributed by atoms with Crippen LogP contribution in [0.1, 0.15) is 37.7 Å². The predicted molar refractivity (Wildman–Crippen MR) is 71.1 cm³/mol. The zero-order valence-corrected chi connectivity index (χ0v) is 11.8. The van der Waals surface area contributed by atoms with Gasteiger partial charge < -0.3 is 10.3 Å². The number of hydrogen-bond donors (Lipinski definition) is 2. The molecule has 1 saturated heterocycles. The van der Waals surface area contributed by atoms with E-state index in [0.29, 0.717) is 18.1 Å². The third kappa shape index (κ3) is 3.55. The molecule has 0 bridgehead atoms. The van der Waals surface area contributed by atoms with Gasteiger partial charge in [-0.1, -0.05) is 13.8 Å². The molecule has 2 N–H and O–H groups in total. The minimum Gasteiger partial charge on any atom is -0.345 e. The van der Waals surface area contributed by atoms with Crippen LogP contribution in [0, 0.1) is 5.92 Å². The smallest absolute Gasteiger partial charge is 0.151 e. The molecule has 18 heavy (non-hydrogen) atoms. The zero-order chi connectivity index (χ0) is 13.2. The van der Waals surface area contributed by atoms with E-state index in [-0.39, 0.29) is 11.7 Å². The lowest BCUT2D eigenvalue weighted by Gasteiger charge is -2.06. The van der Waals surface area contributed by atoms with Crippen molar-refractivity contribution in [3.05, 3.63) is 17.7 Å². The summed E-state index contributed by atoms with van der Waals surface area (Å²) in [5.74, 6) is 2.01. The Morgan fingerprint density at radius 3 is 2.94 bits per heavy atom. The molecule has 0 aromatic carbocycles. The first-order chi connectivity index (χ1) is 8.46. The summed E-state index contributed by atoms with van der Waals surface area (Å²) in [5.41, 5.74) is 1.02. The zero-order valence-electron chi connectivity index (χ0n) is 10.9. The van der Waals surface area contributed by atoms with Crippen LogP contribution >= 0.6 is 0 Å². The lowest BCUT2D eigenvalue weighted by molar-refractivity contribution is 0.548. The van der Waals surface area contributed by atoms with E-state index in [2.05, 4.69) is 29.1 Å². The summed E-state index contributed by atoms with van der Waals surface area (Å²) in [6.07, 6.45) is 2.49. The monoisotopic (exact) mass is 271 g/mol. The summed E-state index contributed by atoms with van der Waals surface area (Å²) >= 11 is 0. The van der Waals surface area contributed by atoms with Crippen LogP contribution in [0.15, 0.2) is 6.20 Å². The van der Waals surface area contributed by atoms with E-state index < -0.39 is 9.84 Å². The molecule has 0 spiro atoms. The Morgan fingerprint density at radius 1 is 1.56 bits per heavy atom. The topological polar surface area (TPSA) is 74.8 Å². The molecule has 1 atom stereocenters. The molecule has 1 aliphatic heterocycles. The minimum atomic E-state index is -2.84. The Balaban J connectivity index is 1.90. The minimum absolute atomic E-state index is 0.0499. The van der Waals surface area contributed by atoms with E-state index in [9.17, 15) is 8.42 Å². The Bertz CT molecular complexity index is 493. The van der Waals surface area contributed by atoms with Gasteiger partial charge in [-0.15, -0.1) is 0 Å². The Labute approximate surface area is 108 Å². The molecule has 0 radical (unpaired) electrons. The van der Waals surface area contributed by atoms with Crippen molar-refractivity contribution in [1.29, 1.82) is 0 Å². The molecule has 1 aliphatic rings. The van der Waals surface area contributed by atoms with Gasteiger partial charge in [0, 0.05) is 24.4 Å². The SMILES string of the molecule is CC(C)CNCc1cnc(C2CCS(=O)(=O)C2)[nH]1. The highest BCUT2D eigenvalue weighted by Crippen LogP contribution is 2.26. The van der Waals surface area contributed by atoms with Gasteiger partial charge in [-0.05, 0) is 18.9 Å². The molecular formula is C12H21N3O2S. The van der Waals surface area contributed by atoms with Gasteiger partial charge in [0.05, 0.1) is 11.5 Å². The van der Waals surface area contributed by atoms with Gasteiger partial charge in [-0.25, -0.2) is 13.4 Å². The average Bonchev–Trinajstić information content (AvgIpc) is 2.84. The van der Waals surface area contributed by atoms with E-state index in [1.54, 1.807) is 6.20 Å². The molecule has 1 fully saturated rings. The Kier molecular flexibility index (Phi) is 4.07. The van der Waals surface area contributed by atoms with Crippen LogP contribution in [0.25, 0.3) is 0 Å². The quantitative estimate of drug-likeness (QED) is 0.839. The van der Waals surface area contributed by atoms with Gasteiger partial charge in [0.25, 0.3) is 0 Å². The number of imidazole rings is 1. The molecule has 2 rings (SSSR count). The van der Waals surface area contributed by atoms with Crippen molar-refractivity contribution in [3.63, 3.8) is 0 Å². The molecule has 5 nitrogen and oxygen atoms in total. The van der Waals surface area contributed by atoms with Crippen molar-refractivity contribution in [2.75, 3.05) is 18.1 Å². The summed E-state index contributed by atoms with van der Waals surface area (Å²) < 4.78 is 22.8. The van der Waals surface area contributed by atoms with E-state index >= 15 is 0 Å². The van der Waals surface area contributed by atoms with Crippen molar-refractivity contribution in [1.82, 2.24) is 15.3 Å². The second-order valence-corrected chi connectivity index (χ2v) is 7.65. The Hall–Kier alpha value is -0.880. The summed E-state index contributed by atoms with van der Waals surface area (Å²) in [6, 6.07) is 0. The van der Waals surface area contributed by atoms with Crippen LogP contribution in [-0.2, 0) is 16.4 Å². The highest BCUT2D eigenvalue weighted by Gasteiger charge is 2.30. The maximum absolute atomic E-state index is 11.4. The molecule has 6 heteroatoms. The lowest BCUT2D eigenvalue weighted by Crippen LogP contribution is -2.19. The molecule has 0 amide bonds. The fourth-order valence-electron chi connectivity index (χ4n) is 2.18. The van der Waals surface area contributed by atoms with E-state index in [1.807, 2.05) is 0 Å². The first-order valence-electron chi connectivity index (χ1n) is 6.41. The fourth-order valence-corrected chi connectivity index (χ4v) is 3.93. The second-order valence-electron chi connectivity index (χ2n) is 5.42. The van der Waals surface area contributed by atoms with Gasteiger partial charge in [-0.2, -0.15) is 0 Å². The predicted octanol–water partition coefficient (Wildman–Crippen LogP) is 1.06. The molecule has 0 saturated carbocycles. The first kappa shape index (κ1) is 13.5. The van der Waals surface area contributed by atoms with Crippen LogP contribution in [0.2, 0.25) is 0 Å².